The molecule has 0 amide bonds. The number of anilines is 1. The molecule has 3 rings (SSSR count). The van der Waals surface area contributed by atoms with E-state index in [-0.39, 0.29) is 5.88 Å². The summed E-state index contributed by atoms with van der Waals surface area (Å²) >= 11 is 7.11. The van der Waals surface area contributed by atoms with Gasteiger partial charge in [0.25, 0.3) is 0 Å². The number of nitrogens with two attached hydrogens (primary N) is 1. The molecule has 0 aromatic carbocycles. The number of aromatic nitrogens is 2. The van der Waals surface area contributed by atoms with Crippen LogP contribution in [0, 0.1) is 0 Å². The molecule has 3 N–H and O–H groups in total. The molecule has 8 heteroatoms. The maximum atomic E-state index is 14.4. The van der Waals surface area contributed by atoms with Gasteiger partial charge in [-0.2, -0.15) is 0 Å². The van der Waals surface area contributed by atoms with Gasteiger partial charge in [0.2, 0.25) is 0 Å². The van der Waals surface area contributed by atoms with Crippen LogP contribution in [0.15, 0.2) is 11.7 Å². The second-order valence-corrected chi connectivity index (χ2v) is 6.15. The van der Waals surface area contributed by atoms with E-state index < -0.39 is 24.0 Å². The molecule has 5 nitrogen and oxygen atoms in total. The Kier molecular flexibility index (Phi) is 3.32. The lowest BCUT2D eigenvalue weighted by Crippen LogP contribution is -2.40. The highest BCUT2D eigenvalue weighted by molar-refractivity contribution is 7.17. The van der Waals surface area contributed by atoms with Gasteiger partial charge < -0.3 is 15.6 Å². The molecular formula is C12H13ClFN3O2S. The van der Waals surface area contributed by atoms with Gasteiger partial charge in [-0.25, -0.2) is 14.4 Å². The maximum absolute atomic E-state index is 14.4. The highest BCUT2D eigenvalue weighted by Crippen LogP contribution is 2.45. The number of hydrogen-bond donors (Lipinski definition) is 2. The molecule has 0 bridgehead atoms. The van der Waals surface area contributed by atoms with Crippen molar-refractivity contribution < 1.29 is 14.2 Å². The van der Waals surface area contributed by atoms with Crippen LogP contribution in [0.3, 0.4) is 0 Å². The number of rotatable bonds is 2. The largest absolute Gasteiger partial charge is 0.387 e. The lowest BCUT2D eigenvalue weighted by Gasteiger charge is -2.24. The molecule has 1 fully saturated rings. The average molecular weight is 318 g/mol. The van der Waals surface area contributed by atoms with Gasteiger partial charge in [-0.1, -0.05) is 0 Å². The van der Waals surface area contributed by atoms with Gasteiger partial charge in [0.15, 0.2) is 6.17 Å². The first-order valence-corrected chi connectivity index (χ1v) is 7.43. The second-order valence-electron chi connectivity index (χ2n) is 5.00. The summed E-state index contributed by atoms with van der Waals surface area (Å²) in [6.45, 7) is 1.59. The lowest BCUT2D eigenvalue weighted by molar-refractivity contribution is -0.0540. The minimum absolute atomic E-state index is 0.00425. The van der Waals surface area contributed by atoms with Crippen molar-refractivity contribution in [3.8, 4) is 0 Å². The normalized spacial score (nSPS) is 33.9. The zero-order valence-electron chi connectivity index (χ0n) is 10.6. The van der Waals surface area contributed by atoms with Crippen molar-refractivity contribution in [3.63, 3.8) is 0 Å². The first-order valence-electron chi connectivity index (χ1n) is 6.01. The summed E-state index contributed by atoms with van der Waals surface area (Å²) < 4.78 is 20.7. The maximum Gasteiger partial charge on any atom is 0.159 e. The Bertz CT molecular complexity index is 655. The molecule has 1 aliphatic heterocycles. The van der Waals surface area contributed by atoms with Gasteiger partial charge in [-0.3, -0.25) is 0 Å². The van der Waals surface area contributed by atoms with E-state index in [4.69, 9.17) is 22.1 Å². The highest BCUT2D eigenvalue weighted by Gasteiger charge is 2.53. The van der Waals surface area contributed by atoms with E-state index >= 15 is 0 Å². The van der Waals surface area contributed by atoms with Crippen LogP contribution in [-0.4, -0.2) is 38.8 Å². The first kappa shape index (κ1) is 13.9. The van der Waals surface area contributed by atoms with Gasteiger partial charge >= 0.3 is 0 Å². The Balaban J connectivity index is 2.06. The fourth-order valence-corrected chi connectivity index (χ4v) is 3.53. The Morgan fingerprint density at radius 1 is 1.60 bits per heavy atom. The van der Waals surface area contributed by atoms with Crippen LogP contribution >= 0.6 is 22.9 Å². The van der Waals surface area contributed by atoms with E-state index in [0.717, 1.165) is 0 Å². The number of thiophene rings is 1. The Hall–Kier alpha value is -1.02. The average Bonchev–Trinajstić information content (AvgIpc) is 2.96. The summed E-state index contributed by atoms with van der Waals surface area (Å²) in [5, 5.41) is 11.7. The Labute approximate surface area is 123 Å². The van der Waals surface area contributed by atoms with Crippen molar-refractivity contribution in [3.05, 3.63) is 17.3 Å². The van der Waals surface area contributed by atoms with E-state index in [1.165, 1.54) is 17.7 Å². The molecule has 2 aromatic rings. The van der Waals surface area contributed by atoms with Gasteiger partial charge in [0, 0.05) is 5.56 Å². The van der Waals surface area contributed by atoms with Crippen LogP contribution in [0.2, 0.25) is 0 Å². The fourth-order valence-electron chi connectivity index (χ4n) is 2.36. The van der Waals surface area contributed by atoms with Crippen LogP contribution in [0.4, 0.5) is 10.2 Å². The number of hydrogen-bond acceptors (Lipinski definition) is 6. The summed E-state index contributed by atoms with van der Waals surface area (Å²) in [4.78, 5) is 8.04. The van der Waals surface area contributed by atoms with E-state index in [1.807, 2.05) is 0 Å². The smallest absolute Gasteiger partial charge is 0.159 e. The van der Waals surface area contributed by atoms with Gasteiger partial charge in [-0.15, -0.1) is 22.9 Å². The summed E-state index contributed by atoms with van der Waals surface area (Å²) in [7, 11) is 0. The Morgan fingerprint density at radius 3 is 3.00 bits per heavy atom. The predicted octanol–water partition coefficient (Wildman–Crippen LogP) is 2.04. The molecule has 3 heterocycles. The summed E-state index contributed by atoms with van der Waals surface area (Å²) in [6, 6.07) is 0. The summed E-state index contributed by atoms with van der Waals surface area (Å²) in [6.07, 6.45) is -2.42. The standard InChI is InChI=1S/C12H13ClFN3O2S/c1-12(3-13)10(18)6(14)8(19-12)5-2-20-9-7(5)16-4-17-11(9)15/h2,4,6,8,10,18H,3H2,1H3,(H2,15,16,17)/t6-,8-,10-,12-/m0/s1. The molecule has 108 valence electrons. The molecular weight excluding hydrogens is 305 g/mol. The molecule has 0 saturated carbocycles. The lowest BCUT2D eigenvalue weighted by atomic mass is 9.98. The number of nitrogens with zero attached hydrogens (tertiary/aromatic N) is 2. The van der Waals surface area contributed by atoms with E-state index in [2.05, 4.69) is 9.97 Å². The van der Waals surface area contributed by atoms with E-state index in [9.17, 15) is 9.50 Å². The van der Waals surface area contributed by atoms with Crippen molar-refractivity contribution in [1.29, 1.82) is 0 Å². The zero-order chi connectivity index (χ0) is 14.5. The molecule has 0 unspecified atom stereocenters. The molecule has 0 spiro atoms. The molecule has 0 aliphatic carbocycles. The van der Waals surface area contributed by atoms with Crippen molar-refractivity contribution in [2.24, 2.45) is 0 Å². The SMILES string of the molecule is C[C@@]1(CCl)O[C@@H](c2csc3c(N)ncnc23)[C@H](F)[C@@H]1O. The number of halogens is 2. The Morgan fingerprint density at radius 2 is 2.35 bits per heavy atom. The van der Waals surface area contributed by atoms with Crippen molar-refractivity contribution in [2.75, 3.05) is 11.6 Å². The van der Waals surface area contributed by atoms with Crippen LogP contribution in [0.1, 0.15) is 18.6 Å². The minimum atomic E-state index is -1.56. The summed E-state index contributed by atoms with van der Waals surface area (Å²) in [5.74, 6) is 0.352. The van der Waals surface area contributed by atoms with E-state index in [0.29, 0.717) is 21.6 Å². The van der Waals surface area contributed by atoms with Crippen molar-refractivity contribution >= 4 is 39.0 Å². The zero-order valence-corrected chi connectivity index (χ0v) is 12.2. The number of aliphatic hydroxyl groups excluding tert-OH is 1. The van der Waals surface area contributed by atoms with Crippen LogP contribution in [-0.2, 0) is 4.74 Å². The summed E-state index contributed by atoms with van der Waals surface area (Å²) in [5.41, 5.74) is 5.78. The first-order chi connectivity index (χ1) is 9.48. The van der Waals surface area contributed by atoms with Crippen molar-refractivity contribution in [2.45, 2.75) is 30.9 Å². The number of aliphatic hydroxyl groups is 1. The fraction of sp³-hybridized carbons (Fsp3) is 0.500. The molecule has 1 aliphatic rings. The third kappa shape index (κ3) is 1.88. The van der Waals surface area contributed by atoms with Gasteiger partial charge in [0.1, 0.15) is 30.0 Å². The number of alkyl halides is 2. The second kappa shape index (κ2) is 4.77. The van der Waals surface area contributed by atoms with Crippen LogP contribution in [0.25, 0.3) is 10.2 Å². The predicted molar refractivity (Wildman–Crippen MR) is 75.7 cm³/mol. The van der Waals surface area contributed by atoms with Crippen molar-refractivity contribution in [1.82, 2.24) is 9.97 Å². The number of fused-ring (bicyclic) bond motifs is 1. The van der Waals surface area contributed by atoms with E-state index in [1.54, 1.807) is 12.3 Å². The van der Waals surface area contributed by atoms with Gasteiger partial charge in [0.05, 0.1) is 16.1 Å². The minimum Gasteiger partial charge on any atom is -0.387 e. The molecule has 4 atom stereocenters. The van der Waals surface area contributed by atoms with Gasteiger partial charge in [-0.05, 0) is 12.3 Å². The monoisotopic (exact) mass is 317 g/mol. The topological polar surface area (TPSA) is 81.3 Å². The quantitative estimate of drug-likeness (QED) is 0.828. The third-order valence-corrected chi connectivity index (χ3v) is 5.13. The molecule has 2 aromatic heterocycles. The highest BCUT2D eigenvalue weighted by atomic mass is 35.5. The van der Waals surface area contributed by atoms with Crippen LogP contribution < -0.4 is 5.73 Å². The number of nitrogen functional groups attached to an aromatic ring is 1. The molecule has 20 heavy (non-hydrogen) atoms. The number of ether oxygens (including phenoxy) is 1. The molecule has 1 saturated heterocycles. The van der Waals surface area contributed by atoms with Crippen LogP contribution in [0.5, 0.6) is 0 Å². The third-order valence-electron chi connectivity index (χ3n) is 3.59. The molecule has 0 radical (unpaired) electrons.